The minimum atomic E-state index is -0.294. The van der Waals surface area contributed by atoms with Gasteiger partial charge >= 0.3 is 0 Å². The number of nitrogens with one attached hydrogen (secondary N) is 1. The third-order valence-corrected chi connectivity index (χ3v) is 5.85. The number of carbonyl (C=O) groups is 1. The van der Waals surface area contributed by atoms with Gasteiger partial charge in [0.25, 0.3) is 0 Å². The summed E-state index contributed by atoms with van der Waals surface area (Å²) in [6, 6.07) is 16.0. The van der Waals surface area contributed by atoms with E-state index in [0.717, 1.165) is 22.6 Å². The van der Waals surface area contributed by atoms with Crippen molar-refractivity contribution in [2.24, 2.45) is 5.92 Å². The van der Waals surface area contributed by atoms with Crippen LogP contribution >= 0.6 is 11.8 Å². The number of thioether (sulfide) groups is 1. The molecule has 0 radical (unpaired) electrons. The van der Waals surface area contributed by atoms with Gasteiger partial charge < -0.3 is 10.1 Å². The van der Waals surface area contributed by atoms with E-state index in [4.69, 9.17) is 4.74 Å². The zero-order chi connectivity index (χ0) is 22.4. The Labute approximate surface area is 188 Å². The summed E-state index contributed by atoms with van der Waals surface area (Å²) in [5.74, 6) is 1.95. The summed E-state index contributed by atoms with van der Waals surface area (Å²) in [4.78, 5) is 12.5. The number of carbonyl (C=O) groups excluding carboxylic acids is 1. The highest BCUT2D eigenvalue weighted by Gasteiger charge is 2.21. The highest BCUT2D eigenvalue weighted by atomic mass is 32.2. The second-order valence-electron chi connectivity index (χ2n) is 7.98. The second-order valence-corrected chi connectivity index (χ2v) is 9.29. The molecule has 0 aliphatic carbocycles. The van der Waals surface area contributed by atoms with Gasteiger partial charge in [0.1, 0.15) is 12.4 Å². The molecule has 0 aliphatic rings. The van der Waals surface area contributed by atoms with Crippen molar-refractivity contribution in [3.8, 4) is 11.4 Å². The molecule has 1 N–H and O–H groups in total. The molecule has 3 rings (SSSR count). The van der Waals surface area contributed by atoms with E-state index in [2.05, 4.69) is 29.4 Å². The Kier molecular flexibility index (Phi) is 7.74. The smallest absolute Gasteiger partial charge is 0.233 e. The van der Waals surface area contributed by atoms with Crippen LogP contribution in [0.1, 0.15) is 37.7 Å². The number of aromatic nitrogens is 3. The van der Waals surface area contributed by atoms with Crippen LogP contribution in [0.2, 0.25) is 0 Å². The van der Waals surface area contributed by atoms with Gasteiger partial charge in [0, 0.05) is 12.2 Å². The van der Waals surface area contributed by atoms with Gasteiger partial charge in [-0.2, -0.15) is 0 Å². The third-order valence-electron chi connectivity index (χ3n) is 4.81. The van der Waals surface area contributed by atoms with Gasteiger partial charge in [0.05, 0.1) is 5.25 Å². The molecule has 1 aromatic heterocycles. The first-order valence-corrected chi connectivity index (χ1v) is 11.4. The van der Waals surface area contributed by atoms with E-state index in [-0.39, 0.29) is 17.8 Å². The van der Waals surface area contributed by atoms with Crippen molar-refractivity contribution in [1.29, 1.82) is 0 Å². The molecule has 0 saturated carbocycles. The summed E-state index contributed by atoms with van der Waals surface area (Å²) in [6.45, 7) is 11.0. The van der Waals surface area contributed by atoms with E-state index >= 15 is 0 Å². The molecule has 164 valence electrons. The number of amides is 1. The Morgan fingerprint density at radius 3 is 2.35 bits per heavy atom. The van der Waals surface area contributed by atoms with Crippen LogP contribution in [0.15, 0.2) is 53.7 Å². The predicted octanol–water partition coefficient (Wildman–Crippen LogP) is 4.72. The molecule has 6 nitrogen and oxygen atoms in total. The lowest BCUT2D eigenvalue weighted by Crippen LogP contribution is -2.33. The SMILES string of the molecule is Cc1cccc(C)c1OCc1nnc(SC(C)C(=O)NCC(C)C)n1-c1ccccc1. The van der Waals surface area contributed by atoms with Gasteiger partial charge in [-0.25, -0.2) is 0 Å². The quantitative estimate of drug-likeness (QED) is 0.490. The molecular weight excluding hydrogens is 408 g/mol. The molecule has 1 unspecified atom stereocenters. The van der Waals surface area contributed by atoms with Crippen LogP contribution in [0.3, 0.4) is 0 Å². The minimum absolute atomic E-state index is 0.00496. The van der Waals surface area contributed by atoms with Gasteiger partial charge in [-0.3, -0.25) is 9.36 Å². The fourth-order valence-corrected chi connectivity index (χ4v) is 4.04. The number of benzene rings is 2. The zero-order valence-corrected chi connectivity index (χ0v) is 19.6. The van der Waals surface area contributed by atoms with Crippen LogP contribution in [0.25, 0.3) is 5.69 Å². The monoisotopic (exact) mass is 438 g/mol. The summed E-state index contributed by atoms with van der Waals surface area (Å²) in [5.41, 5.74) is 3.09. The van der Waals surface area contributed by atoms with Crippen molar-refractivity contribution in [2.45, 2.75) is 51.6 Å². The van der Waals surface area contributed by atoms with Crippen molar-refractivity contribution >= 4 is 17.7 Å². The average Bonchev–Trinajstić information content (AvgIpc) is 3.14. The van der Waals surface area contributed by atoms with Gasteiger partial charge in [-0.1, -0.05) is 62.0 Å². The Morgan fingerprint density at radius 1 is 1.03 bits per heavy atom. The van der Waals surface area contributed by atoms with E-state index < -0.39 is 0 Å². The molecule has 1 amide bonds. The van der Waals surface area contributed by atoms with Crippen LogP contribution in [0, 0.1) is 19.8 Å². The number of para-hydroxylation sites is 2. The summed E-state index contributed by atoms with van der Waals surface area (Å²) in [7, 11) is 0. The second kappa shape index (κ2) is 10.5. The first-order valence-electron chi connectivity index (χ1n) is 10.5. The first kappa shape index (κ1) is 22.9. The topological polar surface area (TPSA) is 69.0 Å². The van der Waals surface area contributed by atoms with Gasteiger partial charge in [-0.05, 0) is 49.9 Å². The maximum Gasteiger partial charge on any atom is 0.233 e. The molecule has 0 saturated heterocycles. The number of hydrogen-bond donors (Lipinski definition) is 1. The van der Waals surface area contributed by atoms with Crippen molar-refractivity contribution in [3.63, 3.8) is 0 Å². The summed E-state index contributed by atoms with van der Waals surface area (Å²) in [5, 5.41) is 12.1. The maximum absolute atomic E-state index is 12.5. The molecule has 0 bridgehead atoms. The summed E-state index contributed by atoms with van der Waals surface area (Å²) in [6.07, 6.45) is 0. The number of rotatable bonds is 9. The van der Waals surface area contributed by atoms with Gasteiger partial charge in [0.15, 0.2) is 11.0 Å². The van der Waals surface area contributed by atoms with Crippen LogP contribution < -0.4 is 10.1 Å². The number of aryl methyl sites for hydroxylation is 2. The minimum Gasteiger partial charge on any atom is -0.485 e. The summed E-state index contributed by atoms with van der Waals surface area (Å²) < 4.78 is 8.10. The molecule has 0 spiro atoms. The zero-order valence-electron chi connectivity index (χ0n) is 18.8. The fraction of sp³-hybridized carbons (Fsp3) is 0.375. The van der Waals surface area contributed by atoms with E-state index in [0.29, 0.717) is 23.4 Å². The van der Waals surface area contributed by atoms with Crippen molar-refractivity contribution < 1.29 is 9.53 Å². The first-order chi connectivity index (χ1) is 14.9. The Morgan fingerprint density at radius 2 is 1.71 bits per heavy atom. The number of ether oxygens (including phenoxy) is 1. The average molecular weight is 439 g/mol. The molecule has 3 aromatic rings. The van der Waals surface area contributed by atoms with E-state index in [1.807, 2.05) is 73.9 Å². The fourth-order valence-electron chi connectivity index (χ4n) is 3.13. The molecule has 2 aromatic carbocycles. The highest BCUT2D eigenvalue weighted by Crippen LogP contribution is 2.28. The van der Waals surface area contributed by atoms with Crippen LogP contribution in [0.5, 0.6) is 5.75 Å². The highest BCUT2D eigenvalue weighted by molar-refractivity contribution is 8.00. The lowest BCUT2D eigenvalue weighted by molar-refractivity contribution is -0.120. The standard InChI is InChI=1S/C24H30N4O2S/c1-16(2)14-25-23(29)19(5)31-24-27-26-21(28(24)20-12-7-6-8-13-20)15-30-22-17(3)10-9-11-18(22)4/h6-13,16,19H,14-15H2,1-5H3,(H,25,29). The van der Waals surface area contributed by atoms with Gasteiger partial charge in [0.2, 0.25) is 5.91 Å². The predicted molar refractivity (Wildman–Crippen MR) is 125 cm³/mol. The molecule has 1 heterocycles. The van der Waals surface area contributed by atoms with Crippen LogP contribution in [0.4, 0.5) is 0 Å². The molecular formula is C24H30N4O2S. The van der Waals surface area contributed by atoms with Crippen molar-refractivity contribution in [3.05, 3.63) is 65.5 Å². The molecule has 7 heteroatoms. The third kappa shape index (κ3) is 5.88. The lowest BCUT2D eigenvalue weighted by atomic mass is 10.1. The van der Waals surface area contributed by atoms with E-state index in [1.54, 1.807) is 0 Å². The maximum atomic E-state index is 12.5. The molecule has 31 heavy (non-hydrogen) atoms. The van der Waals surface area contributed by atoms with Crippen molar-refractivity contribution in [1.82, 2.24) is 20.1 Å². The Bertz CT molecular complexity index is 997. The van der Waals surface area contributed by atoms with Crippen molar-refractivity contribution in [2.75, 3.05) is 6.54 Å². The van der Waals surface area contributed by atoms with Crippen LogP contribution in [-0.2, 0) is 11.4 Å². The lowest BCUT2D eigenvalue weighted by Gasteiger charge is -2.15. The Balaban J connectivity index is 1.84. The molecule has 0 fully saturated rings. The van der Waals surface area contributed by atoms with Gasteiger partial charge in [-0.15, -0.1) is 10.2 Å². The van der Waals surface area contributed by atoms with E-state index in [1.165, 1.54) is 11.8 Å². The normalized spacial score (nSPS) is 12.1. The van der Waals surface area contributed by atoms with Crippen LogP contribution in [-0.4, -0.2) is 32.5 Å². The Hall–Kier alpha value is -2.80. The molecule has 0 aliphatic heterocycles. The van der Waals surface area contributed by atoms with E-state index in [9.17, 15) is 4.79 Å². The number of hydrogen-bond acceptors (Lipinski definition) is 5. The number of nitrogens with zero attached hydrogens (tertiary/aromatic N) is 3. The summed E-state index contributed by atoms with van der Waals surface area (Å²) >= 11 is 1.40. The molecule has 1 atom stereocenters. The largest absolute Gasteiger partial charge is 0.485 e.